The molecule has 4 rings (SSSR count). The van der Waals surface area contributed by atoms with Crippen molar-refractivity contribution in [2.75, 3.05) is 0 Å². The number of carbonyl (C=O) groups is 2. The van der Waals surface area contributed by atoms with Crippen LogP contribution in [0.3, 0.4) is 0 Å². The number of nitrogens with zero attached hydrogens (tertiary/aromatic N) is 3. The van der Waals surface area contributed by atoms with Crippen LogP contribution >= 0.6 is 0 Å². The number of rotatable bonds is 1. The number of ketones is 1. The second kappa shape index (κ2) is 5.91. The molecule has 2 aromatic rings. The van der Waals surface area contributed by atoms with Crippen molar-refractivity contribution in [1.29, 1.82) is 5.26 Å². The van der Waals surface area contributed by atoms with Crippen molar-refractivity contribution in [3.8, 4) is 6.07 Å². The maximum atomic E-state index is 12.7. The lowest BCUT2D eigenvalue weighted by molar-refractivity contribution is -0.131. The highest BCUT2D eigenvalue weighted by Crippen LogP contribution is 2.55. The van der Waals surface area contributed by atoms with Crippen molar-refractivity contribution < 1.29 is 9.59 Å². The molecule has 0 amide bonds. The van der Waals surface area contributed by atoms with Gasteiger partial charge in [-0.3, -0.25) is 9.59 Å². The number of Topliss-reactive ketones (excluding diaryl/α,β-unsaturated/α-hetero) is 1. The lowest BCUT2D eigenvalue weighted by Crippen LogP contribution is -2.52. The van der Waals surface area contributed by atoms with Gasteiger partial charge in [-0.15, -0.1) is 0 Å². The van der Waals surface area contributed by atoms with Crippen LogP contribution < -0.4 is 0 Å². The van der Waals surface area contributed by atoms with Crippen LogP contribution in [-0.2, 0) is 16.6 Å². The number of fused-ring (bicyclic) bond motifs is 3. The number of hydrogen-bond acceptors (Lipinski definition) is 4. The first kappa shape index (κ1) is 16.7. The highest BCUT2D eigenvalue weighted by Gasteiger charge is 2.56. The Labute approximate surface area is 152 Å². The van der Waals surface area contributed by atoms with E-state index in [-0.39, 0.29) is 23.5 Å². The molecular formula is C21H21N3O2. The molecule has 5 heteroatoms. The Morgan fingerprint density at radius 2 is 2.08 bits per heavy atom. The fourth-order valence-electron chi connectivity index (χ4n) is 5.04. The van der Waals surface area contributed by atoms with Gasteiger partial charge in [0.2, 0.25) is 5.91 Å². The van der Waals surface area contributed by atoms with E-state index in [0.717, 1.165) is 29.7 Å². The van der Waals surface area contributed by atoms with Gasteiger partial charge in [-0.05, 0) is 36.3 Å². The first-order valence-electron chi connectivity index (χ1n) is 9.08. The van der Waals surface area contributed by atoms with Gasteiger partial charge >= 0.3 is 0 Å². The smallest absolute Gasteiger partial charge is 0.243 e. The molecule has 0 N–H and O–H groups in total. The number of aromatic nitrogens is 2. The van der Waals surface area contributed by atoms with Crippen molar-refractivity contribution in [3.63, 3.8) is 0 Å². The normalized spacial score (nSPS) is 30.2. The van der Waals surface area contributed by atoms with E-state index >= 15 is 0 Å². The van der Waals surface area contributed by atoms with Crippen LogP contribution in [0.2, 0.25) is 0 Å². The van der Waals surface area contributed by atoms with E-state index in [4.69, 9.17) is 0 Å². The van der Waals surface area contributed by atoms with Crippen LogP contribution in [0.5, 0.6) is 0 Å². The molecule has 2 aliphatic rings. The van der Waals surface area contributed by atoms with Crippen molar-refractivity contribution in [3.05, 3.63) is 53.3 Å². The highest BCUT2D eigenvalue weighted by atomic mass is 16.2. The van der Waals surface area contributed by atoms with Crippen molar-refractivity contribution in [2.45, 2.75) is 38.5 Å². The van der Waals surface area contributed by atoms with E-state index in [1.54, 1.807) is 0 Å². The van der Waals surface area contributed by atoms with Gasteiger partial charge < -0.3 is 0 Å². The number of carbonyl (C=O) groups excluding carboxylic acids is 2. The Hall–Kier alpha value is -2.74. The first-order valence-corrected chi connectivity index (χ1v) is 9.08. The van der Waals surface area contributed by atoms with E-state index in [9.17, 15) is 14.9 Å². The number of nitriles is 1. The molecule has 1 fully saturated rings. The summed E-state index contributed by atoms with van der Waals surface area (Å²) >= 11 is 0. The SMILES string of the molecule is CC(=O)n1cc2c(n1)[C@]1(c3ccccc3)CC(C#N)C(=O)[C@@H](C)C1CC2. The third-order valence-electron chi connectivity index (χ3n) is 6.26. The molecule has 0 aliphatic heterocycles. The molecule has 0 saturated heterocycles. The number of benzene rings is 1. The second-order valence-corrected chi connectivity index (χ2v) is 7.53. The van der Waals surface area contributed by atoms with Gasteiger partial charge in [-0.2, -0.15) is 10.4 Å². The van der Waals surface area contributed by atoms with Crippen LogP contribution in [0.15, 0.2) is 36.5 Å². The zero-order valence-corrected chi connectivity index (χ0v) is 15.0. The topological polar surface area (TPSA) is 75.8 Å². The van der Waals surface area contributed by atoms with E-state index < -0.39 is 11.3 Å². The van der Waals surface area contributed by atoms with Crippen LogP contribution in [-0.4, -0.2) is 21.5 Å². The summed E-state index contributed by atoms with van der Waals surface area (Å²) in [5.74, 6) is -0.849. The Bertz CT molecular complexity index is 924. The Kier molecular flexibility index (Phi) is 3.80. The average molecular weight is 347 g/mol. The quantitative estimate of drug-likeness (QED) is 0.794. The van der Waals surface area contributed by atoms with Crippen molar-refractivity contribution in [2.24, 2.45) is 17.8 Å². The summed E-state index contributed by atoms with van der Waals surface area (Å²) in [6, 6.07) is 12.3. The van der Waals surface area contributed by atoms with E-state index in [0.29, 0.717) is 6.42 Å². The fraction of sp³-hybridized carbons (Fsp3) is 0.429. The minimum Gasteiger partial charge on any atom is -0.298 e. The van der Waals surface area contributed by atoms with Gasteiger partial charge in [0.1, 0.15) is 5.92 Å². The van der Waals surface area contributed by atoms with E-state index in [2.05, 4.69) is 23.3 Å². The standard InChI is InChI=1S/C21H21N3O2/c1-13-18-9-8-15-12-24(14(2)25)23-20(15)21(18,10-16(11-22)19(13)26)17-6-4-3-5-7-17/h3-7,12-13,16,18H,8-10H2,1-2H3/t13-,16?,18?,21-/m0/s1. The predicted molar refractivity (Wildman–Crippen MR) is 95.5 cm³/mol. The van der Waals surface area contributed by atoms with E-state index in [1.807, 2.05) is 31.3 Å². The van der Waals surface area contributed by atoms with Gasteiger partial charge in [0.25, 0.3) is 0 Å². The molecule has 2 unspecified atom stereocenters. The molecular weight excluding hydrogens is 326 g/mol. The van der Waals surface area contributed by atoms with Crippen LogP contribution in [0.25, 0.3) is 0 Å². The first-order chi connectivity index (χ1) is 12.5. The molecule has 26 heavy (non-hydrogen) atoms. The Balaban J connectivity index is 1.99. The molecule has 0 spiro atoms. The molecule has 132 valence electrons. The van der Waals surface area contributed by atoms with Crippen LogP contribution in [0.4, 0.5) is 0 Å². The zero-order chi connectivity index (χ0) is 18.5. The van der Waals surface area contributed by atoms with E-state index in [1.165, 1.54) is 11.6 Å². The zero-order valence-electron chi connectivity index (χ0n) is 15.0. The maximum absolute atomic E-state index is 12.7. The maximum Gasteiger partial charge on any atom is 0.243 e. The van der Waals surface area contributed by atoms with Crippen molar-refractivity contribution in [1.82, 2.24) is 9.78 Å². The lowest BCUT2D eigenvalue weighted by atomic mass is 9.51. The molecule has 1 aromatic heterocycles. The third kappa shape index (κ3) is 2.18. The molecule has 0 bridgehead atoms. The summed E-state index contributed by atoms with van der Waals surface area (Å²) in [6.45, 7) is 3.44. The van der Waals surface area contributed by atoms with Gasteiger partial charge in [0.05, 0.1) is 11.8 Å². The fourth-order valence-corrected chi connectivity index (χ4v) is 5.04. The van der Waals surface area contributed by atoms with Crippen LogP contribution in [0.1, 0.15) is 48.3 Å². The summed E-state index contributed by atoms with van der Waals surface area (Å²) in [5, 5.41) is 14.3. The summed E-state index contributed by atoms with van der Waals surface area (Å²) in [5.41, 5.74) is 2.51. The largest absolute Gasteiger partial charge is 0.298 e. The average Bonchev–Trinajstić information content (AvgIpc) is 3.10. The number of hydrogen-bond donors (Lipinski definition) is 0. The predicted octanol–water partition coefficient (Wildman–Crippen LogP) is 3.14. The highest BCUT2D eigenvalue weighted by molar-refractivity contribution is 5.87. The van der Waals surface area contributed by atoms with Gasteiger partial charge in [0, 0.05) is 24.5 Å². The van der Waals surface area contributed by atoms with Gasteiger partial charge in [-0.1, -0.05) is 37.3 Å². The Morgan fingerprint density at radius 1 is 1.35 bits per heavy atom. The minimum absolute atomic E-state index is 0.0403. The number of aryl methyl sites for hydroxylation is 1. The molecule has 5 nitrogen and oxygen atoms in total. The Morgan fingerprint density at radius 3 is 2.73 bits per heavy atom. The molecule has 1 saturated carbocycles. The summed E-state index contributed by atoms with van der Waals surface area (Å²) in [6.07, 6.45) is 3.91. The van der Waals surface area contributed by atoms with Crippen LogP contribution in [0, 0.1) is 29.1 Å². The van der Waals surface area contributed by atoms with Gasteiger partial charge in [-0.25, -0.2) is 4.68 Å². The van der Waals surface area contributed by atoms with Crippen molar-refractivity contribution >= 4 is 11.7 Å². The minimum atomic E-state index is -0.644. The second-order valence-electron chi connectivity index (χ2n) is 7.53. The molecule has 1 aromatic carbocycles. The summed E-state index contributed by atoms with van der Waals surface area (Å²) in [4.78, 5) is 24.6. The molecule has 0 radical (unpaired) electrons. The monoisotopic (exact) mass is 347 g/mol. The lowest BCUT2D eigenvalue weighted by Gasteiger charge is -2.50. The van der Waals surface area contributed by atoms with Gasteiger partial charge in [0.15, 0.2) is 5.78 Å². The molecule has 4 atom stereocenters. The molecule has 2 aliphatic carbocycles. The summed E-state index contributed by atoms with van der Waals surface area (Å²) < 4.78 is 1.40. The summed E-state index contributed by atoms with van der Waals surface area (Å²) in [7, 11) is 0. The molecule has 1 heterocycles. The third-order valence-corrected chi connectivity index (χ3v) is 6.26.